The van der Waals surface area contributed by atoms with E-state index in [1.165, 1.54) is 11.1 Å². The summed E-state index contributed by atoms with van der Waals surface area (Å²) in [5, 5.41) is 13.7. The molecule has 24 heavy (non-hydrogen) atoms. The van der Waals surface area contributed by atoms with Crippen molar-refractivity contribution in [1.82, 2.24) is 10.2 Å². The van der Waals surface area contributed by atoms with Crippen LogP contribution in [0.25, 0.3) is 0 Å². The molecule has 0 fully saturated rings. The van der Waals surface area contributed by atoms with Crippen LogP contribution in [0, 0.1) is 0 Å². The second-order valence-electron chi connectivity index (χ2n) is 6.70. The number of nitrogens with one attached hydrogen (secondary N) is 1. The van der Waals surface area contributed by atoms with Crippen LogP contribution in [-0.4, -0.2) is 35.7 Å². The fourth-order valence-electron chi connectivity index (χ4n) is 3.30. The lowest BCUT2D eigenvalue weighted by atomic mass is 10.00. The van der Waals surface area contributed by atoms with Crippen LogP contribution in [0.3, 0.4) is 0 Å². The minimum Gasteiger partial charge on any atom is -0.464 e. The monoisotopic (exact) mass is 328 g/mol. The predicted octanol–water partition coefficient (Wildman–Crippen LogP) is 2.91. The molecular weight excluding hydrogens is 300 g/mol. The number of fused-ring (bicyclic) bond motifs is 1. The maximum absolute atomic E-state index is 10.4. The molecule has 0 aliphatic carbocycles. The second kappa shape index (κ2) is 7.97. The fraction of sp³-hybridized carbons (Fsp3) is 0.500. The number of β-amino-alcohol motifs (C(OH)–C–C–N with tert-alkyl or cyclic N) is 1. The number of hydrogen-bond acceptors (Lipinski definition) is 4. The first kappa shape index (κ1) is 17.2. The van der Waals surface area contributed by atoms with Gasteiger partial charge >= 0.3 is 0 Å². The molecule has 1 aromatic carbocycles. The maximum atomic E-state index is 10.4. The summed E-state index contributed by atoms with van der Waals surface area (Å²) in [5.74, 6) is 1.94. The van der Waals surface area contributed by atoms with Gasteiger partial charge in [0.25, 0.3) is 0 Å². The van der Waals surface area contributed by atoms with E-state index in [0.29, 0.717) is 13.1 Å². The second-order valence-corrected chi connectivity index (χ2v) is 6.70. The van der Waals surface area contributed by atoms with Gasteiger partial charge in [0.15, 0.2) is 0 Å². The van der Waals surface area contributed by atoms with Gasteiger partial charge in [-0.3, -0.25) is 4.90 Å². The summed E-state index contributed by atoms with van der Waals surface area (Å²) >= 11 is 0. The highest BCUT2D eigenvalue weighted by Gasteiger charge is 2.19. The van der Waals surface area contributed by atoms with Crippen LogP contribution < -0.4 is 5.32 Å². The van der Waals surface area contributed by atoms with Crippen molar-refractivity contribution in [2.45, 2.75) is 45.4 Å². The Balaban J connectivity index is 1.45. The Hall–Kier alpha value is -1.62. The van der Waals surface area contributed by atoms with Crippen molar-refractivity contribution < 1.29 is 9.52 Å². The molecule has 2 atom stereocenters. The van der Waals surface area contributed by atoms with E-state index < -0.39 is 0 Å². The number of aliphatic hydroxyl groups is 1. The molecular formula is C20H28N2O2. The topological polar surface area (TPSA) is 48.6 Å². The molecule has 4 heteroatoms. The zero-order valence-electron chi connectivity index (χ0n) is 14.7. The van der Waals surface area contributed by atoms with Gasteiger partial charge in [0.05, 0.1) is 12.1 Å². The Labute approximate surface area is 144 Å². The zero-order valence-corrected chi connectivity index (χ0v) is 14.7. The van der Waals surface area contributed by atoms with Gasteiger partial charge in [-0.05, 0) is 36.6 Å². The molecule has 0 bridgehead atoms. The molecule has 2 unspecified atom stereocenters. The summed E-state index contributed by atoms with van der Waals surface area (Å²) in [7, 11) is 0. The van der Waals surface area contributed by atoms with Gasteiger partial charge in [0.2, 0.25) is 0 Å². The Morgan fingerprint density at radius 1 is 1.21 bits per heavy atom. The van der Waals surface area contributed by atoms with E-state index in [2.05, 4.69) is 48.3 Å². The molecule has 4 nitrogen and oxygen atoms in total. The number of nitrogens with zero attached hydrogens (tertiary/aromatic N) is 1. The molecule has 2 heterocycles. The van der Waals surface area contributed by atoms with Gasteiger partial charge in [-0.25, -0.2) is 0 Å². The number of rotatable bonds is 7. The average Bonchev–Trinajstić information content (AvgIpc) is 3.09. The number of benzene rings is 1. The standard InChI is InChI=1S/C20H28N2O2/c1-3-19-8-9-20(24-19)15(2)21-12-18(23)14-22-11-10-16-6-4-5-7-17(16)13-22/h4-9,15,18,21,23H,3,10-14H2,1-2H3. The number of aliphatic hydroxyl groups excluding tert-OH is 1. The van der Waals surface area contributed by atoms with Crippen molar-refractivity contribution in [3.63, 3.8) is 0 Å². The predicted molar refractivity (Wildman–Crippen MR) is 95.9 cm³/mol. The van der Waals surface area contributed by atoms with Gasteiger partial charge in [-0.15, -0.1) is 0 Å². The summed E-state index contributed by atoms with van der Waals surface area (Å²) in [6, 6.07) is 12.8. The summed E-state index contributed by atoms with van der Waals surface area (Å²) in [6.45, 7) is 7.37. The summed E-state index contributed by atoms with van der Waals surface area (Å²) in [6.07, 6.45) is 1.60. The van der Waals surface area contributed by atoms with E-state index >= 15 is 0 Å². The van der Waals surface area contributed by atoms with Crippen LogP contribution in [-0.2, 0) is 19.4 Å². The quantitative estimate of drug-likeness (QED) is 0.820. The van der Waals surface area contributed by atoms with E-state index in [9.17, 15) is 5.11 Å². The fourth-order valence-corrected chi connectivity index (χ4v) is 3.30. The lowest BCUT2D eigenvalue weighted by molar-refractivity contribution is 0.102. The molecule has 1 aliphatic heterocycles. The van der Waals surface area contributed by atoms with Crippen LogP contribution in [0.15, 0.2) is 40.8 Å². The van der Waals surface area contributed by atoms with Gasteiger partial charge in [-0.1, -0.05) is 31.2 Å². The summed E-state index contributed by atoms with van der Waals surface area (Å²) in [4.78, 5) is 2.33. The van der Waals surface area contributed by atoms with Crippen LogP contribution in [0.2, 0.25) is 0 Å². The van der Waals surface area contributed by atoms with Crippen LogP contribution >= 0.6 is 0 Å². The van der Waals surface area contributed by atoms with Crippen LogP contribution in [0.4, 0.5) is 0 Å². The van der Waals surface area contributed by atoms with E-state index in [0.717, 1.165) is 37.5 Å². The minimum absolute atomic E-state index is 0.113. The van der Waals surface area contributed by atoms with Gasteiger partial charge in [0, 0.05) is 32.6 Å². The average molecular weight is 328 g/mol. The zero-order chi connectivity index (χ0) is 16.9. The number of aryl methyl sites for hydroxylation is 1. The Bertz CT molecular complexity index is 653. The first-order valence-corrected chi connectivity index (χ1v) is 8.95. The van der Waals surface area contributed by atoms with Crippen LogP contribution in [0.5, 0.6) is 0 Å². The largest absolute Gasteiger partial charge is 0.464 e. The van der Waals surface area contributed by atoms with Crippen molar-refractivity contribution in [1.29, 1.82) is 0 Å². The highest BCUT2D eigenvalue weighted by atomic mass is 16.3. The van der Waals surface area contributed by atoms with Crippen molar-refractivity contribution in [3.8, 4) is 0 Å². The normalized spacial score (nSPS) is 17.5. The minimum atomic E-state index is -0.377. The Morgan fingerprint density at radius 2 is 2.00 bits per heavy atom. The molecule has 0 spiro atoms. The number of hydrogen-bond donors (Lipinski definition) is 2. The third kappa shape index (κ3) is 4.26. The van der Waals surface area contributed by atoms with Gasteiger partial charge in [-0.2, -0.15) is 0 Å². The van der Waals surface area contributed by atoms with Crippen molar-refractivity contribution in [2.75, 3.05) is 19.6 Å². The highest BCUT2D eigenvalue weighted by Crippen LogP contribution is 2.19. The molecule has 0 saturated carbocycles. The number of furan rings is 1. The molecule has 1 aliphatic rings. The molecule has 0 radical (unpaired) electrons. The van der Waals surface area contributed by atoms with E-state index in [1.807, 2.05) is 12.1 Å². The van der Waals surface area contributed by atoms with Crippen LogP contribution in [0.1, 0.15) is 42.5 Å². The first-order valence-electron chi connectivity index (χ1n) is 8.95. The lowest BCUT2D eigenvalue weighted by Crippen LogP contribution is -2.41. The highest BCUT2D eigenvalue weighted by molar-refractivity contribution is 5.29. The van der Waals surface area contributed by atoms with Gasteiger partial charge in [0.1, 0.15) is 11.5 Å². The lowest BCUT2D eigenvalue weighted by Gasteiger charge is -2.30. The van der Waals surface area contributed by atoms with Crippen molar-refractivity contribution >= 4 is 0 Å². The van der Waals surface area contributed by atoms with Gasteiger partial charge < -0.3 is 14.8 Å². The molecule has 1 aromatic heterocycles. The smallest absolute Gasteiger partial charge is 0.120 e. The van der Waals surface area contributed by atoms with Crippen molar-refractivity contribution in [2.24, 2.45) is 0 Å². The first-order chi connectivity index (χ1) is 11.7. The maximum Gasteiger partial charge on any atom is 0.120 e. The SMILES string of the molecule is CCc1ccc(C(C)NCC(O)CN2CCc3ccccc3C2)o1. The Kier molecular flexibility index (Phi) is 5.72. The van der Waals surface area contributed by atoms with E-state index in [-0.39, 0.29) is 12.1 Å². The molecule has 2 N–H and O–H groups in total. The van der Waals surface area contributed by atoms with E-state index in [4.69, 9.17) is 4.42 Å². The molecule has 3 rings (SSSR count). The third-order valence-electron chi connectivity index (χ3n) is 4.80. The molecule has 0 amide bonds. The summed E-state index contributed by atoms with van der Waals surface area (Å²) in [5.41, 5.74) is 2.83. The molecule has 0 saturated heterocycles. The molecule has 2 aromatic rings. The molecule has 130 valence electrons. The third-order valence-corrected chi connectivity index (χ3v) is 4.80. The summed E-state index contributed by atoms with van der Waals surface area (Å²) < 4.78 is 5.76. The van der Waals surface area contributed by atoms with Crippen molar-refractivity contribution in [3.05, 3.63) is 59.0 Å². The van der Waals surface area contributed by atoms with E-state index in [1.54, 1.807) is 0 Å². The Morgan fingerprint density at radius 3 is 2.75 bits per heavy atom.